The minimum absolute atomic E-state index is 0.0422. The summed E-state index contributed by atoms with van der Waals surface area (Å²) in [5.74, 6) is 1.35. The molecule has 0 radical (unpaired) electrons. The van der Waals surface area contributed by atoms with Crippen LogP contribution in [0.1, 0.15) is 31.9 Å². The summed E-state index contributed by atoms with van der Waals surface area (Å²) in [6.45, 7) is 5.56. The van der Waals surface area contributed by atoms with Crippen LogP contribution in [-0.2, 0) is 4.74 Å². The average molecular weight is 237 g/mol. The van der Waals surface area contributed by atoms with E-state index in [2.05, 4.69) is 6.92 Å². The van der Waals surface area contributed by atoms with Crippen LogP contribution in [0.2, 0.25) is 0 Å². The number of nitrogens with two attached hydrogens (primary N) is 1. The van der Waals surface area contributed by atoms with Gasteiger partial charge in [0.25, 0.3) is 0 Å². The van der Waals surface area contributed by atoms with Gasteiger partial charge in [0.2, 0.25) is 0 Å². The highest BCUT2D eigenvalue weighted by molar-refractivity contribution is 5.30. The van der Waals surface area contributed by atoms with Gasteiger partial charge in [0.1, 0.15) is 5.75 Å². The SMILES string of the molecule is CCOc1cccc(C(N)CC(C)COC)c1. The molecule has 0 spiro atoms. The van der Waals surface area contributed by atoms with E-state index in [0.29, 0.717) is 12.5 Å². The molecule has 0 aliphatic rings. The maximum absolute atomic E-state index is 6.18. The first-order valence-electron chi connectivity index (χ1n) is 6.14. The van der Waals surface area contributed by atoms with Gasteiger partial charge in [-0.15, -0.1) is 0 Å². The molecule has 3 nitrogen and oxygen atoms in total. The molecule has 96 valence electrons. The van der Waals surface area contributed by atoms with Crippen molar-refractivity contribution in [3.05, 3.63) is 29.8 Å². The molecular formula is C14H23NO2. The van der Waals surface area contributed by atoms with E-state index in [-0.39, 0.29) is 6.04 Å². The summed E-state index contributed by atoms with van der Waals surface area (Å²) in [7, 11) is 1.72. The molecule has 2 unspecified atom stereocenters. The summed E-state index contributed by atoms with van der Waals surface area (Å²) in [6.07, 6.45) is 0.920. The zero-order valence-electron chi connectivity index (χ0n) is 11.0. The Labute approximate surface area is 104 Å². The Morgan fingerprint density at radius 2 is 2.12 bits per heavy atom. The topological polar surface area (TPSA) is 44.5 Å². The van der Waals surface area contributed by atoms with Crippen molar-refractivity contribution in [2.24, 2.45) is 11.7 Å². The van der Waals surface area contributed by atoms with E-state index in [4.69, 9.17) is 15.2 Å². The smallest absolute Gasteiger partial charge is 0.119 e. The molecule has 0 bridgehead atoms. The van der Waals surface area contributed by atoms with Gasteiger partial charge in [-0.3, -0.25) is 0 Å². The molecule has 1 aromatic rings. The first-order valence-corrected chi connectivity index (χ1v) is 6.14. The molecule has 0 saturated heterocycles. The van der Waals surface area contributed by atoms with E-state index >= 15 is 0 Å². The van der Waals surface area contributed by atoms with E-state index in [9.17, 15) is 0 Å². The minimum atomic E-state index is 0.0422. The van der Waals surface area contributed by atoms with E-state index in [1.165, 1.54) is 0 Å². The molecule has 0 saturated carbocycles. The Kier molecular flexibility index (Phi) is 6.01. The summed E-state index contributed by atoms with van der Waals surface area (Å²) in [6, 6.07) is 8.06. The zero-order chi connectivity index (χ0) is 12.7. The standard InChI is InChI=1S/C14H23NO2/c1-4-17-13-7-5-6-12(9-13)14(15)8-11(2)10-16-3/h5-7,9,11,14H,4,8,10,15H2,1-3H3. The number of hydrogen-bond donors (Lipinski definition) is 1. The van der Waals surface area contributed by atoms with Crippen molar-refractivity contribution in [3.8, 4) is 5.75 Å². The van der Waals surface area contributed by atoms with Crippen molar-refractivity contribution in [2.45, 2.75) is 26.3 Å². The number of benzene rings is 1. The van der Waals surface area contributed by atoms with Crippen LogP contribution in [0.15, 0.2) is 24.3 Å². The molecule has 0 fully saturated rings. The monoisotopic (exact) mass is 237 g/mol. The molecule has 0 aliphatic carbocycles. The summed E-state index contributed by atoms with van der Waals surface area (Å²) < 4.78 is 10.6. The van der Waals surface area contributed by atoms with Crippen LogP contribution >= 0.6 is 0 Å². The summed E-state index contributed by atoms with van der Waals surface area (Å²) in [5.41, 5.74) is 7.30. The van der Waals surface area contributed by atoms with Gasteiger partial charge in [0.05, 0.1) is 6.61 Å². The van der Waals surface area contributed by atoms with Crippen LogP contribution in [-0.4, -0.2) is 20.3 Å². The predicted molar refractivity (Wildman–Crippen MR) is 70.2 cm³/mol. The quantitative estimate of drug-likeness (QED) is 0.793. The minimum Gasteiger partial charge on any atom is -0.494 e. The average Bonchev–Trinajstić information content (AvgIpc) is 2.30. The second kappa shape index (κ2) is 7.30. The van der Waals surface area contributed by atoms with E-state index < -0.39 is 0 Å². The first kappa shape index (κ1) is 14.0. The van der Waals surface area contributed by atoms with Crippen molar-refractivity contribution < 1.29 is 9.47 Å². The largest absolute Gasteiger partial charge is 0.494 e. The van der Waals surface area contributed by atoms with Crippen molar-refractivity contribution in [2.75, 3.05) is 20.3 Å². The predicted octanol–water partition coefficient (Wildman–Crippen LogP) is 2.76. The third-order valence-electron chi connectivity index (χ3n) is 2.70. The number of hydrogen-bond acceptors (Lipinski definition) is 3. The lowest BCUT2D eigenvalue weighted by molar-refractivity contribution is 0.152. The van der Waals surface area contributed by atoms with Crippen molar-refractivity contribution >= 4 is 0 Å². The van der Waals surface area contributed by atoms with E-state index in [1.807, 2.05) is 31.2 Å². The fraction of sp³-hybridized carbons (Fsp3) is 0.571. The highest BCUT2D eigenvalue weighted by Crippen LogP contribution is 2.22. The maximum atomic E-state index is 6.18. The molecule has 2 atom stereocenters. The number of rotatable bonds is 7. The third-order valence-corrected chi connectivity index (χ3v) is 2.70. The molecule has 17 heavy (non-hydrogen) atoms. The van der Waals surface area contributed by atoms with E-state index in [0.717, 1.165) is 24.3 Å². The van der Waals surface area contributed by atoms with Crippen LogP contribution < -0.4 is 10.5 Å². The Bertz CT molecular complexity index is 328. The number of ether oxygens (including phenoxy) is 2. The van der Waals surface area contributed by atoms with Gasteiger partial charge in [0.15, 0.2) is 0 Å². The molecule has 1 rings (SSSR count). The lowest BCUT2D eigenvalue weighted by Crippen LogP contribution is -2.16. The van der Waals surface area contributed by atoms with Gasteiger partial charge in [-0.2, -0.15) is 0 Å². The Morgan fingerprint density at radius 1 is 1.35 bits per heavy atom. The third kappa shape index (κ3) is 4.75. The second-order valence-corrected chi connectivity index (χ2v) is 4.41. The fourth-order valence-electron chi connectivity index (χ4n) is 1.92. The van der Waals surface area contributed by atoms with Crippen molar-refractivity contribution in [1.82, 2.24) is 0 Å². The molecule has 2 N–H and O–H groups in total. The number of methoxy groups -OCH3 is 1. The zero-order valence-corrected chi connectivity index (χ0v) is 11.0. The van der Waals surface area contributed by atoms with Crippen LogP contribution in [0.25, 0.3) is 0 Å². The van der Waals surface area contributed by atoms with Gasteiger partial charge < -0.3 is 15.2 Å². The Balaban J connectivity index is 2.61. The van der Waals surface area contributed by atoms with E-state index in [1.54, 1.807) is 7.11 Å². The lowest BCUT2D eigenvalue weighted by Gasteiger charge is -2.17. The molecule has 3 heteroatoms. The summed E-state index contributed by atoms with van der Waals surface area (Å²) >= 11 is 0. The lowest BCUT2D eigenvalue weighted by atomic mass is 9.97. The van der Waals surface area contributed by atoms with Crippen molar-refractivity contribution in [1.29, 1.82) is 0 Å². The van der Waals surface area contributed by atoms with Gasteiger partial charge in [-0.1, -0.05) is 19.1 Å². The van der Waals surface area contributed by atoms with Gasteiger partial charge in [-0.05, 0) is 37.0 Å². The van der Waals surface area contributed by atoms with Crippen LogP contribution in [0.3, 0.4) is 0 Å². The van der Waals surface area contributed by atoms with Gasteiger partial charge in [0, 0.05) is 19.8 Å². The fourth-order valence-corrected chi connectivity index (χ4v) is 1.92. The van der Waals surface area contributed by atoms with Crippen LogP contribution in [0.4, 0.5) is 0 Å². The van der Waals surface area contributed by atoms with Gasteiger partial charge in [-0.25, -0.2) is 0 Å². The van der Waals surface area contributed by atoms with Crippen LogP contribution in [0.5, 0.6) is 5.75 Å². The first-order chi connectivity index (χ1) is 8.17. The molecule has 0 aliphatic heterocycles. The normalized spacial score (nSPS) is 14.4. The molecule has 0 aromatic heterocycles. The molecule has 0 amide bonds. The van der Waals surface area contributed by atoms with Crippen LogP contribution in [0, 0.1) is 5.92 Å². The Hall–Kier alpha value is -1.06. The molecule has 0 heterocycles. The second-order valence-electron chi connectivity index (χ2n) is 4.41. The highest BCUT2D eigenvalue weighted by Gasteiger charge is 2.11. The van der Waals surface area contributed by atoms with Gasteiger partial charge >= 0.3 is 0 Å². The maximum Gasteiger partial charge on any atom is 0.119 e. The highest BCUT2D eigenvalue weighted by atomic mass is 16.5. The summed E-state index contributed by atoms with van der Waals surface area (Å²) in [4.78, 5) is 0. The molecular weight excluding hydrogens is 214 g/mol. The summed E-state index contributed by atoms with van der Waals surface area (Å²) in [5, 5.41) is 0. The molecule has 1 aromatic carbocycles. The Morgan fingerprint density at radius 3 is 2.76 bits per heavy atom. The van der Waals surface area contributed by atoms with Crippen molar-refractivity contribution in [3.63, 3.8) is 0 Å².